The Morgan fingerprint density at radius 3 is 2.82 bits per heavy atom. The first-order chi connectivity index (χ1) is 8.05. The summed E-state index contributed by atoms with van der Waals surface area (Å²) in [6.45, 7) is 4.89. The number of amides is 1. The van der Waals surface area contributed by atoms with E-state index in [9.17, 15) is 4.79 Å². The zero-order valence-electron chi connectivity index (χ0n) is 10.3. The molecule has 1 heterocycles. The van der Waals surface area contributed by atoms with E-state index in [4.69, 9.17) is 5.11 Å². The van der Waals surface area contributed by atoms with Crippen LogP contribution in [0.4, 0.5) is 0 Å². The van der Waals surface area contributed by atoms with Gasteiger partial charge in [0.25, 0.3) is 5.91 Å². The second-order valence-corrected chi connectivity index (χ2v) is 4.81. The van der Waals surface area contributed by atoms with E-state index in [1.807, 2.05) is 0 Å². The topological polar surface area (TPSA) is 75.1 Å². The third-order valence-corrected chi connectivity index (χ3v) is 2.59. The molecular formula is C12H19N3O2. The van der Waals surface area contributed by atoms with Crippen LogP contribution in [0.5, 0.6) is 0 Å². The number of nitrogens with zero attached hydrogens (tertiary/aromatic N) is 2. The Morgan fingerprint density at radius 2 is 2.24 bits per heavy atom. The van der Waals surface area contributed by atoms with Crippen molar-refractivity contribution in [2.75, 3.05) is 13.2 Å². The summed E-state index contributed by atoms with van der Waals surface area (Å²) in [4.78, 5) is 11.7. The van der Waals surface area contributed by atoms with Crippen LogP contribution in [0, 0.1) is 5.41 Å². The molecule has 0 aliphatic rings. The van der Waals surface area contributed by atoms with Crippen LogP contribution in [0.3, 0.4) is 0 Å². The predicted molar refractivity (Wildman–Crippen MR) is 64.5 cm³/mol. The maximum atomic E-state index is 11.7. The molecule has 0 atom stereocenters. The molecule has 0 unspecified atom stereocenters. The lowest BCUT2D eigenvalue weighted by Gasteiger charge is -2.24. The van der Waals surface area contributed by atoms with Crippen molar-refractivity contribution in [3.63, 3.8) is 0 Å². The van der Waals surface area contributed by atoms with Gasteiger partial charge in [-0.1, -0.05) is 13.8 Å². The van der Waals surface area contributed by atoms with Crippen LogP contribution < -0.4 is 5.32 Å². The number of aromatic nitrogens is 2. The fourth-order valence-electron chi connectivity index (χ4n) is 1.49. The van der Waals surface area contributed by atoms with Crippen LogP contribution in [0.15, 0.2) is 18.5 Å². The average molecular weight is 237 g/mol. The van der Waals surface area contributed by atoms with Crippen molar-refractivity contribution >= 4 is 5.91 Å². The summed E-state index contributed by atoms with van der Waals surface area (Å²) in [5, 5.41) is 18.9. The van der Waals surface area contributed by atoms with Crippen molar-refractivity contribution in [1.29, 1.82) is 0 Å². The number of carbonyl (C=O) groups excluding carboxylic acids is 1. The Labute approximate surface area is 101 Å². The zero-order valence-corrected chi connectivity index (χ0v) is 10.3. The maximum absolute atomic E-state index is 11.7. The normalized spacial score (nSPS) is 11.2. The largest absolute Gasteiger partial charge is 0.396 e. The third-order valence-electron chi connectivity index (χ3n) is 2.59. The summed E-state index contributed by atoms with van der Waals surface area (Å²) < 4.78 is 0. The summed E-state index contributed by atoms with van der Waals surface area (Å²) in [5.74, 6) is -0.142. The number of carbonyl (C=O) groups is 1. The van der Waals surface area contributed by atoms with Gasteiger partial charge in [0.15, 0.2) is 0 Å². The Hall–Kier alpha value is -1.49. The average Bonchev–Trinajstić information content (AvgIpc) is 2.35. The molecule has 0 fully saturated rings. The molecule has 1 amide bonds. The predicted octanol–water partition coefficient (Wildman–Crippen LogP) is 1.01. The van der Waals surface area contributed by atoms with Gasteiger partial charge < -0.3 is 10.4 Å². The lowest BCUT2D eigenvalue weighted by Crippen LogP contribution is -2.34. The highest BCUT2D eigenvalue weighted by Gasteiger charge is 2.18. The molecular weight excluding hydrogens is 218 g/mol. The molecule has 5 nitrogen and oxygen atoms in total. The van der Waals surface area contributed by atoms with Crippen molar-refractivity contribution < 1.29 is 9.90 Å². The van der Waals surface area contributed by atoms with Crippen LogP contribution in [0.1, 0.15) is 37.0 Å². The smallest absolute Gasteiger partial charge is 0.252 e. The molecule has 5 heteroatoms. The fourth-order valence-corrected chi connectivity index (χ4v) is 1.49. The van der Waals surface area contributed by atoms with E-state index in [2.05, 4.69) is 29.4 Å². The second-order valence-electron chi connectivity index (χ2n) is 4.81. The molecule has 2 N–H and O–H groups in total. The van der Waals surface area contributed by atoms with E-state index in [1.165, 1.54) is 12.4 Å². The van der Waals surface area contributed by atoms with Gasteiger partial charge in [-0.15, -0.1) is 0 Å². The lowest BCUT2D eigenvalue weighted by molar-refractivity contribution is 0.0932. The Kier molecular flexibility index (Phi) is 5.03. The van der Waals surface area contributed by atoms with Gasteiger partial charge in [0, 0.05) is 13.2 Å². The van der Waals surface area contributed by atoms with E-state index in [0.717, 1.165) is 12.8 Å². The van der Waals surface area contributed by atoms with E-state index >= 15 is 0 Å². The minimum Gasteiger partial charge on any atom is -0.396 e. The van der Waals surface area contributed by atoms with Gasteiger partial charge >= 0.3 is 0 Å². The van der Waals surface area contributed by atoms with Crippen LogP contribution in [-0.2, 0) is 0 Å². The molecule has 0 radical (unpaired) electrons. The van der Waals surface area contributed by atoms with E-state index in [-0.39, 0.29) is 17.9 Å². The fraction of sp³-hybridized carbons (Fsp3) is 0.583. The van der Waals surface area contributed by atoms with Crippen molar-refractivity contribution in [3.8, 4) is 0 Å². The summed E-state index contributed by atoms with van der Waals surface area (Å²) in [6, 6.07) is 1.63. The first-order valence-corrected chi connectivity index (χ1v) is 5.71. The monoisotopic (exact) mass is 237 g/mol. The summed E-state index contributed by atoms with van der Waals surface area (Å²) in [6.07, 6.45) is 4.56. The molecule has 1 aromatic heterocycles. The highest BCUT2D eigenvalue weighted by Crippen LogP contribution is 2.20. The summed E-state index contributed by atoms with van der Waals surface area (Å²) in [7, 11) is 0. The van der Waals surface area contributed by atoms with Crippen molar-refractivity contribution in [3.05, 3.63) is 24.0 Å². The number of nitrogens with one attached hydrogen (secondary N) is 1. The van der Waals surface area contributed by atoms with Gasteiger partial charge in [0.05, 0.1) is 18.0 Å². The van der Waals surface area contributed by atoms with Crippen molar-refractivity contribution in [2.45, 2.75) is 26.7 Å². The Bertz CT molecular complexity index is 352. The first-order valence-electron chi connectivity index (χ1n) is 5.71. The first kappa shape index (κ1) is 13.6. The number of hydrogen-bond donors (Lipinski definition) is 2. The molecule has 0 aliphatic carbocycles. The highest BCUT2D eigenvalue weighted by atomic mass is 16.2. The standard InChI is InChI=1S/C12H19N3O2/c1-12(2,5-3-7-16)9-13-11(17)10-4-6-14-15-8-10/h4,6,8,16H,3,5,7,9H2,1-2H3,(H,13,17). The van der Waals surface area contributed by atoms with Crippen LogP contribution in [0.25, 0.3) is 0 Å². The van der Waals surface area contributed by atoms with Gasteiger partial charge in [0.2, 0.25) is 0 Å². The van der Waals surface area contributed by atoms with E-state index in [0.29, 0.717) is 12.1 Å². The minimum absolute atomic E-state index is 0.0150. The van der Waals surface area contributed by atoms with Crippen LogP contribution >= 0.6 is 0 Å². The lowest BCUT2D eigenvalue weighted by atomic mass is 9.88. The molecule has 1 rings (SSSR count). The molecule has 94 valence electrons. The van der Waals surface area contributed by atoms with Gasteiger partial charge in [-0.2, -0.15) is 10.2 Å². The maximum Gasteiger partial charge on any atom is 0.252 e. The molecule has 17 heavy (non-hydrogen) atoms. The molecule has 0 aliphatic heterocycles. The Morgan fingerprint density at radius 1 is 1.47 bits per heavy atom. The van der Waals surface area contributed by atoms with E-state index < -0.39 is 0 Å². The van der Waals surface area contributed by atoms with E-state index in [1.54, 1.807) is 6.07 Å². The van der Waals surface area contributed by atoms with Gasteiger partial charge in [-0.25, -0.2) is 0 Å². The van der Waals surface area contributed by atoms with Crippen LogP contribution in [0.2, 0.25) is 0 Å². The van der Waals surface area contributed by atoms with Gasteiger partial charge in [-0.3, -0.25) is 4.79 Å². The zero-order chi connectivity index (χ0) is 12.7. The van der Waals surface area contributed by atoms with Crippen LogP contribution in [-0.4, -0.2) is 34.4 Å². The molecule has 0 bridgehead atoms. The number of rotatable bonds is 6. The quantitative estimate of drug-likeness (QED) is 0.774. The minimum atomic E-state index is -0.142. The SMILES string of the molecule is CC(C)(CCCO)CNC(=O)c1ccnnc1. The Balaban J connectivity index is 2.43. The molecule has 1 aromatic rings. The summed E-state index contributed by atoms with van der Waals surface area (Å²) >= 11 is 0. The second kappa shape index (κ2) is 6.30. The van der Waals surface area contributed by atoms with Gasteiger partial charge in [0.1, 0.15) is 0 Å². The molecule has 0 spiro atoms. The molecule has 0 saturated carbocycles. The third kappa shape index (κ3) is 4.91. The number of hydrogen-bond acceptors (Lipinski definition) is 4. The molecule has 0 aromatic carbocycles. The number of aliphatic hydroxyl groups is 1. The summed E-state index contributed by atoms with van der Waals surface area (Å²) in [5.41, 5.74) is 0.497. The van der Waals surface area contributed by atoms with Gasteiger partial charge in [-0.05, 0) is 24.3 Å². The van der Waals surface area contributed by atoms with Crippen molar-refractivity contribution in [1.82, 2.24) is 15.5 Å². The van der Waals surface area contributed by atoms with Crippen molar-refractivity contribution in [2.24, 2.45) is 5.41 Å². The number of aliphatic hydroxyl groups excluding tert-OH is 1. The highest BCUT2D eigenvalue weighted by molar-refractivity contribution is 5.93. The molecule has 0 saturated heterocycles.